The molecular weight excluding hydrogens is 234 g/mol. The van der Waals surface area contributed by atoms with Crippen LogP contribution in [0, 0.1) is 10.1 Å². The van der Waals surface area contributed by atoms with Crippen LogP contribution in [0.5, 0.6) is 0 Å². The predicted octanol–water partition coefficient (Wildman–Crippen LogP) is 2.19. The largest absolute Gasteiger partial charge is 0.453 e. The number of aliphatic imine (C=N–C) groups is 1. The highest BCUT2D eigenvalue weighted by atomic mass is 16.6. The van der Waals surface area contributed by atoms with Crippen LogP contribution < -0.4 is 5.73 Å². The Kier molecular flexibility index (Phi) is 3.09. The normalized spacial score (nSPS) is 11.5. The lowest BCUT2D eigenvalue weighted by molar-refractivity contribution is -0.384. The van der Waals surface area contributed by atoms with Crippen LogP contribution in [-0.2, 0) is 0 Å². The van der Waals surface area contributed by atoms with Crippen molar-refractivity contribution in [2.24, 2.45) is 10.7 Å². The Morgan fingerprint density at radius 2 is 2.06 bits per heavy atom. The Bertz CT molecular complexity index is 617. The lowest BCUT2D eigenvalue weighted by Gasteiger charge is -1.99. The van der Waals surface area contributed by atoms with Crippen LogP contribution in [0.3, 0.4) is 0 Å². The fourth-order valence-corrected chi connectivity index (χ4v) is 1.57. The number of nitro groups is 1. The Balaban J connectivity index is 2.50. The Morgan fingerprint density at radius 3 is 2.72 bits per heavy atom. The predicted molar refractivity (Wildman–Crippen MR) is 67.4 cm³/mol. The van der Waals surface area contributed by atoms with Crippen LogP contribution in [0.2, 0.25) is 0 Å². The van der Waals surface area contributed by atoms with Gasteiger partial charge in [-0.25, -0.2) is 0 Å². The van der Waals surface area contributed by atoms with Gasteiger partial charge in [-0.2, -0.15) is 0 Å². The minimum atomic E-state index is -0.450. The summed E-state index contributed by atoms with van der Waals surface area (Å²) in [6.45, 7) is 0. The van der Waals surface area contributed by atoms with Crippen LogP contribution in [-0.4, -0.2) is 17.8 Å². The van der Waals surface area contributed by atoms with Gasteiger partial charge in [-0.15, -0.1) is 0 Å². The van der Waals surface area contributed by atoms with E-state index in [1.807, 2.05) is 0 Å². The number of para-hydroxylation sites is 1. The van der Waals surface area contributed by atoms with Gasteiger partial charge in [0.05, 0.1) is 10.5 Å². The van der Waals surface area contributed by atoms with E-state index < -0.39 is 4.92 Å². The second-order valence-corrected chi connectivity index (χ2v) is 3.55. The minimum Gasteiger partial charge on any atom is -0.453 e. The topological polar surface area (TPSA) is 94.7 Å². The fourth-order valence-electron chi connectivity index (χ4n) is 1.57. The van der Waals surface area contributed by atoms with Gasteiger partial charge in [0.15, 0.2) is 11.6 Å². The smallest absolute Gasteiger partial charge is 0.280 e. The van der Waals surface area contributed by atoms with E-state index in [1.165, 1.54) is 6.07 Å². The molecule has 2 aromatic rings. The second-order valence-electron chi connectivity index (χ2n) is 3.55. The summed E-state index contributed by atoms with van der Waals surface area (Å²) in [5.41, 5.74) is 6.01. The van der Waals surface area contributed by atoms with Crippen molar-refractivity contribution in [3.8, 4) is 11.3 Å². The third-order valence-corrected chi connectivity index (χ3v) is 2.47. The maximum atomic E-state index is 10.9. The van der Waals surface area contributed by atoms with E-state index in [0.29, 0.717) is 17.1 Å². The standard InChI is InChI=1S/C12H11N3O3/c1-14-12(13)11-7-6-10(18-11)8-4-2-3-5-9(8)15(16)17/h2-7H,1H3,(H2,13,14). The molecule has 2 rings (SSSR count). The molecule has 18 heavy (non-hydrogen) atoms. The van der Waals surface area contributed by atoms with Gasteiger partial charge in [0.25, 0.3) is 5.69 Å². The molecule has 0 spiro atoms. The SMILES string of the molecule is CN=C(N)c1ccc(-c2ccccc2[N+](=O)[O-])o1. The highest BCUT2D eigenvalue weighted by Gasteiger charge is 2.17. The van der Waals surface area contributed by atoms with Crippen molar-refractivity contribution in [1.82, 2.24) is 0 Å². The third-order valence-electron chi connectivity index (χ3n) is 2.47. The van der Waals surface area contributed by atoms with Gasteiger partial charge in [0, 0.05) is 13.1 Å². The third kappa shape index (κ3) is 2.08. The molecule has 0 amide bonds. The summed E-state index contributed by atoms with van der Waals surface area (Å²) in [5.74, 6) is 1.04. The van der Waals surface area contributed by atoms with E-state index in [0.717, 1.165) is 0 Å². The number of rotatable bonds is 3. The quantitative estimate of drug-likeness (QED) is 0.388. The molecule has 2 N–H and O–H groups in total. The molecule has 0 radical (unpaired) electrons. The highest BCUT2D eigenvalue weighted by Crippen LogP contribution is 2.30. The second kappa shape index (κ2) is 4.70. The van der Waals surface area contributed by atoms with E-state index in [2.05, 4.69) is 4.99 Å². The van der Waals surface area contributed by atoms with Crippen LogP contribution in [0.4, 0.5) is 5.69 Å². The number of hydrogen-bond acceptors (Lipinski definition) is 4. The zero-order valence-corrected chi connectivity index (χ0v) is 9.66. The number of nitrogens with two attached hydrogens (primary N) is 1. The number of hydrogen-bond donors (Lipinski definition) is 1. The number of amidine groups is 1. The van der Waals surface area contributed by atoms with Gasteiger partial charge in [0.1, 0.15) is 5.76 Å². The monoisotopic (exact) mass is 245 g/mol. The molecule has 6 nitrogen and oxygen atoms in total. The van der Waals surface area contributed by atoms with Crippen molar-refractivity contribution in [1.29, 1.82) is 0 Å². The molecule has 0 bridgehead atoms. The first-order valence-corrected chi connectivity index (χ1v) is 5.19. The van der Waals surface area contributed by atoms with Gasteiger partial charge < -0.3 is 10.2 Å². The summed E-state index contributed by atoms with van der Waals surface area (Å²) in [6.07, 6.45) is 0. The van der Waals surface area contributed by atoms with Crippen molar-refractivity contribution >= 4 is 11.5 Å². The molecule has 1 aromatic heterocycles. The van der Waals surface area contributed by atoms with E-state index in [-0.39, 0.29) is 11.5 Å². The van der Waals surface area contributed by atoms with Crippen molar-refractivity contribution in [3.05, 3.63) is 52.3 Å². The van der Waals surface area contributed by atoms with Gasteiger partial charge in [0.2, 0.25) is 0 Å². The molecular formula is C12H11N3O3. The van der Waals surface area contributed by atoms with Crippen molar-refractivity contribution in [2.45, 2.75) is 0 Å². The van der Waals surface area contributed by atoms with Crippen LogP contribution in [0.1, 0.15) is 5.76 Å². The first-order chi connectivity index (χ1) is 8.63. The molecule has 0 aliphatic rings. The van der Waals surface area contributed by atoms with Crippen molar-refractivity contribution in [3.63, 3.8) is 0 Å². The average molecular weight is 245 g/mol. The van der Waals surface area contributed by atoms with Gasteiger partial charge >= 0.3 is 0 Å². The van der Waals surface area contributed by atoms with Crippen molar-refractivity contribution in [2.75, 3.05) is 7.05 Å². The van der Waals surface area contributed by atoms with Gasteiger partial charge in [-0.3, -0.25) is 15.1 Å². The lowest BCUT2D eigenvalue weighted by Crippen LogP contribution is -2.11. The molecule has 0 aliphatic heterocycles. The molecule has 1 aromatic carbocycles. The van der Waals surface area contributed by atoms with Crippen LogP contribution in [0.25, 0.3) is 11.3 Å². The van der Waals surface area contributed by atoms with E-state index in [9.17, 15) is 10.1 Å². The fraction of sp³-hybridized carbons (Fsp3) is 0.0833. The van der Waals surface area contributed by atoms with E-state index in [1.54, 1.807) is 37.4 Å². The highest BCUT2D eigenvalue weighted by molar-refractivity contribution is 5.95. The molecule has 0 saturated heterocycles. The van der Waals surface area contributed by atoms with E-state index >= 15 is 0 Å². The maximum absolute atomic E-state index is 10.9. The Morgan fingerprint density at radius 1 is 1.33 bits per heavy atom. The zero-order chi connectivity index (χ0) is 13.1. The number of nitrogens with zero attached hydrogens (tertiary/aromatic N) is 2. The lowest BCUT2D eigenvalue weighted by atomic mass is 10.1. The number of benzene rings is 1. The minimum absolute atomic E-state index is 0.00888. The van der Waals surface area contributed by atoms with Crippen LogP contribution in [0.15, 0.2) is 45.8 Å². The number of furan rings is 1. The summed E-state index contributed by atoms with van der Waals surface area (Å²) in [4.78, 5) is 14.2. The molecule has 1 heterocycles. The Labute approximate surface area is 103 Å². The first kappa shape index (κ1) is 11.8. The summed E-state index contributed by atoms with van der Waals surface area (Å²) in [6, 6.07) is 9.63. The summed E-state index contributed by atoms with van der Waals surface area (Å²) in [7, 11) is 1.54. The van der Waals surface area contributed by atoms with Crippen LogP contribution >= 0.6 is 0 Å². The first-order valence-electron chi connectivity index (χ1n) is 5.19. The van der Waals surface area contributed by atoms with Crippen molar-refractivity contribution < 1.29 is 9.34 Å². The zero-order valence-electron chi connectivity index (χ0n) is 9.66. The number of nitro benzene ring substituents is 1. The molecule has 0 aliphatic carbocycles. The summed E-state index contributed by atoms with van der Waals surface area (Å²) >= 11 is 0. The van der Waals surface area contributed by atoms with Gasteiger partial charge in [-0.05, 0) is 18.2 Å². The Hall–Kier alpha value is -2.63. The molecule has 0 unspecified atom stereocenters. The maximum Gasteiger partial charge on any atom is 0.280 e. The van der Waals surface area contributed by atoms with Gasteiger partial charge in [-0.1, -0.05) is 12.1 Å². The molecule has 0 atom stereocenters. The summed E-state index contributed by atoms with van der Waals surface area (Å²) < 4.78 is 5.45. The summed E-state index contributed by atoms with van der Waals surface area (Å²) in [5, 5.41) is 10.9. The average Bonchev–Trinajstić information content (AvgIpc) is 2.87. The molecule has 92 valence electrons. The molecule has 6 heteroatoms. The molecule has 0 saturated carbocycles. The molecule has 0 fully saturated rings. The van der Waals surface area contributed by atoms with E-state index in [4.69, 9.17) is 10.2 Å².